The Bertz CT molecular complexity index is 563. The molecule has 1 aromatic heterocycles. The van der Waals surface area contributed by atoms with E-state index in [0.717, 1.165) is 43.0 Å². The van der Waals surface area contributed by atoms with Crippen LogP contribution in [0.5, 0.6) is 0 Å². The minimum Gasteiger partial charge on any atom is -0.365 e. The maximum atomic E-state index is 11.7. The summed E-state index contributed by atoms with van der Waals surface area (Å²) >= 11 is 0. The van der Waals surface area contributed by atoms with E-state index >= 15 is 0 Å². The van der Waals surface area contributed by atoms with Crippen molar-refractivity contribution in [3.05, 3.63) is 35.0 Å². The second-order valence-corrected chi connectivity index (χ2v) is 5.99. The van der Waals surface area contributed by atoms with Crippen molar-refractivity contribution >= 4 is 11.7 Å². The average Bonchev–Trinajstić information content (AvgIpc) is 2.84. The summed E-state index contributed by atoms with van der Waals surface area (Å²) in [7, 11) is 0. The molecule has 4 nitrogen and oxygen atoms in total. The monoisotopic (exact) mass is 271 g/mol. The van der Waals surface area contributed by atoms with Crippen LogP contribution >= 0.6 is 0 Å². The number of carbonyl (C=O) groups is 1. The molecule has 3 rings (SSSR count). The molecule has 20 heavy (non-hydrogen) atoms. The summed E-state index contributed by atoms with van der Waals surface area (Å²) in [6, 6.07) is 1.88. The van der Waals surface area contributed by atoms with E-state index in [9.17, 15) is 4.79 Å². The van der Waals surface area contributed by atoms with E-state index in [2.05, 4.69) is 22.0 Å². The number of rotatable bonds is 2. The molecule has 1 fully saturated rings. The molecule has 4 heteroatoms. The maximum absolute atomic E-state index is 11.7. The third kappa shape index (κ3) is 2.19. The minimum atomic E-state index is -0.386. The number of hydrogen-bond acceptors (Lipinski definition) is 3. The van der Waals surface area contributed by atoms with Gasteiger partial charge in [-0.25, -0.2) is 4.98 Å². The fourth-order valence-corrected chi connectivity index (χ4v) is 3.30. The van der Waals surface area contributed by atoms with Crippen molar-refractivity contribution in [3.63, 3.8) is 0 Å². The van der Waals surface area contributed by atoms with Crippen LogP contribution in [0, 0.1) is 25.7 Å². The molecular formula is C16H21N3O. The van der Waals surface area contributed by atoms with Crippen LogP contribution in [-0.2, 0) is 0 Å². The lowest BCUT2D eigenvalue weighted by Crippen LogP contribution is -2.26. The summed E-state index contributed by atoms with van der Waals surface area (Å²) in [5.74, 6) is 1.76. The summed E-state index contributed by atoms with van der Waals surface area (Å²) in [4.78, 5) is 18.6. The smallest absolute Gasteiger partial charge is 0.252 e. The van der Waals surface area contributed by atoms with Crippen LogP contribution in [-0.4, -0.2) is 24.0 Å². The van der Waals surface area contributed by atoms with Gasteiger partial charge in [-0.15, -0.1) is 0 Å². The van der Waals surface area contributed by atoms with Gasteiger partial charge in [-0.3, -0.25) is 4.79 Å². The fourth-order valence-electron chi connectivity index (χ4n) is 3.30. The number of nitrogens with two attached hydrogens (primary N) is 1. The predicted molar refractivity (Wildman–Crippen MR) is 79.8 cm³/mol. The number of primary amides is 1. The molecule has 0 bridgehead atoms. The molecule has 0 aromatic carbocycles. The lowest BCUT2D eigenvalue weighted by molar-refractivity contribution is 0.100. The molecule has 0 radical (unpaired) electrons. The summed E-state index contributed by atoms with van der Waals surface area (Å²) < 4.78 is 0. The molecule has 1 saturated heterocycles. The largest absolute Gasteiger partial charge is 0.365 e. The van der Waals surface area contributed by atoms with Crippen LogP contribution in [0.25, 0.3) is 0 Å². The van der Waals surface area contributed by atoms with Gasteiger partial charge in [0.25, 0.3) is 5.91 Å². The number of carbonyl (C=O) groups excluding carboxylic acids is 1. The molecule has 0 unspecified atom stereocenters. The highest BCUT2D eigenvalue weighted by molar-refractivity contribution is 5.98. The molecule has 0 saturated carbocycles. The Labute approximate surface area is 119 Å². The Morgan fingerprint density at radius 1 is 1.25 bits per heavy atom. The highest BCUT2D eigenvalue weighted by Gasteiger charge is 2.34. The summed E-state index contributed by atoms with van der Waals surface area (Å²) in [6.45, 7) is 5.90. The van der Waals surface area contributed by atoms with Crippen molar-refractivity contribution in [1.82, 2.24) is 4.98 Å². The standard InChI is InChI=1S/C16H21N3O/c1-10-7-14(15(17)20)16(18-11(10)2)19-8-12-5-3-4-6-13(12)9-19/h3-4,7,12-13H,5-6,8-9H2,1-2H3,(H2,17,20)/t12-,13+. The first-order valence-corrected chi connectivity index (χ1v) is 7.24. The fraction of sp³-hybridized carbons (Fsp3) is 0.500. The van der Waals surface area contributed by atoms with Gasteiger partial charge in [-0.2, -0.15) is 0 Å². The van der Waals surface area contributed by atoms with Crippen molar-refractivity contribution in [3.8, 4) is 0 Å². The van der Waals surface area contributed by atoms with Crippen LogP contribution < -0.4 is 10.6 Å². The molecule has 2 heterocycles. The number of anilines is 1. The molecule has 1 aliphatic carbocycles. The summed E-state index contributed by atoms with van der Waals surface area (Å²) in [6.07, 6.45) is 6.82. The van der Waals surface area contributed by atoms with Gasteiger partial charge >= 0.3 is 0 Å². The lowest BCUT2D eigenvalue weighted by atomic mass is 9.86. The molecule has 0 spiro atoms. The number of pyridine rings is 1. The van der Waals surface area contributed by atoms with Crippen molar-refractivity contribution in [2.75, 3.05) is 18.0 Å². The van der Waals surface area contributed by atoms with Gasteiger partial charge in [0, 0.05) is 18.8 Å². The average molecular weight is 271 g/mol. The maximum Gasteiger partial charge on any atom is 0.252 e. The number of hydrogen-bond donors (Lipinski definition) is 1. The molecule has 1 aromatic rings. The first-order valence-electron chi connectivity index (χ1n) is 7.24. The van der Waals surface area contributed by atoms with Crippen molar-refractivity contribution < 1.29 is 4.79 Å². The lowest BCUT2D eigenvalue weighted by Gasteiger charge is -2.21. The van der Waals surface area contributed by atoms with Crippen LogP contribution in [0.1, 0.15) is 34.5 Å². The molecule has 2 atom stereocenters. The number of aromatic nitrogens is 1. The minimum absolute atomic E-state index is 0.386. The highest BCUT2D eigenvalue weighted by Crippen LogP contribution is 2.36. The first kappa shape index (κ1) is 13.2. The van der Waals surface area contributed by atoms with Crippen LogP contribution in [0.4, 0.5) is 5.82 Å². The van der Waals surface area contributed by atoms with Gasteiger partial charge in [0.15, 0.2) is 0 Å². The van der Waals surface area contributed by atoms with E-state index in [-0.39, 0.29) is 5.91 Å². The number of fused-ring (bicyclic) bond motifs is 1. The van der Waals surface area contributed by atoms with Crippen molar-refractivity contribution in [1.29, 1.82) is 0 Å². The summed E-state index contributed by atoms with van der Waals surface area (Å²) in [5.41, 5.74) is 8.07. The second-order valence-electron chi connectivity index (χ2n) is 5.99. The molecular weight excluding hydrogens is 250 g/mol. The van der Waals surface area contributed by atoms with E-state index in [0.29, 0.717) is 17.4 Å². The van der Waals surface area contributed by atoms with Gasteiger partial charge in [0.05, 0.1) is 5.56 Å². The van der Waals surface area contributed by atoms with Gasteiger partial charge in [0.1, 0.15) is 5.82 Å². The zero-order chi connectivity index (χ0) is 14.3. The van der Waals surface area contributed by atoms with E-state index < -0.39 is 0 Å². The Hall–Kier alpha value is -1.84. The number of aryl methyl sites for hydroxylation is 2. The zero-order valence-corrected chi connectivity index (χ0v) is 12.1. The van der Waals surface area contributed by atoms with Gasteiger partial charge in [-0.05, 0) is 50.2 Å². The third-order valence-electron chi connectivity index (χ3n) is 4.63. The Morgan fingerprint density at radius 2 is 1.85 bits per heavy atom. The Morgan fingerprint density at radius 3 is 2.40 bits per heavy atom. The van der Waals surface area contributed by atoms with Gasteiger partial charge in [0.2, 0.25) is 0 Å². The van der Waals surface area contributed by atoms with Crippen LogP contribution in [0.15, 0.2) is 18.2 Å². The normalized spacial score (nSPS) is 24.8. The summed E-state index contributed by atoms with van der Waals surface area (Å²) in [5, 5.41) is 0. The van der Waals surface area contributed by atoms with E-state index in [1.54, 1.807) is 0 Å². The Balaban J connectivity index is 1.94. The third-order valence-corrected chi connectivity index (χ3v) is 4.63. The number of allylic oxidation sites excluding steroid dienone is 2. The number of amides is 1. The first-order chi connectivity index (χ1) is 9.56. The van der Waals surface area contributed by atoms with Gasteiger partial charge < -0.3 is 10.6 Å². The molecule has 106 valence electrons. The van der Waals surface area contributed by atoms with E-state index in [1.807, 2.05) is 19.9 Å². The van der Waals surface area contributed by atoms with Crippen molar-refractivity contribution in [2.45, 2.75) is 26.7 Å². The quantitative estimate of drug-likeness (QED) is 0.839. The van der Waals surface area contributed by atoms with Gasteiger partial charge in [-0.1, -0.05) is 12.2 Å². The van der Waals surface area contributed by atoms with Crippen LogP contribution in [0.2, 0.25) is 0 Å². The molecule has 2 aliphatic rings. The highest BCUT2D eigenvalue weighted by atomic mass is 16.1. The topological polar surface area (TPSA) is 59.2 Å². The SMILES string of the molecule is Cc1cc(C(N)=O)c(N2C[C@H]3CC=CC[C@H]3C2)nc1C. The number of nitrogens with zero attached hydrogens (tertiary/aromatic N) is 2. The molecule has 2 N–H and O–H groups in total. The van der Waals surface area contributed by atoms with Crippen LogP contribution in [0.3, 0.4) is 0 Å². The molecule has 1 amide bonds. The zero-order valence-electron chi connectivity index (χ0n) is 12.1. The van der Waals surface area contributed by atoms with E-state index in [1.165, 1.54) is 0 Å². The molecule has 1 aliphatic heterocycles. The predicted octanol–water partition coefficient (Wildman–Crippen LogP) is 2.20. The van der Waals surface area contributed by atoms with E-state index in [4.69, 9.17) is 5.73 Å². The Kier molecular flexibility index (Phi) is 3.24. The van der Waals surface area contributed by atoms with Crippen molar-refractivity contribution in [2.24, 2.45) is 17.6 Å². The second kappa shape index (κ2) is 4.93.